The number of aromatic nitrogens is 2. The normalized spacial score (nSPS) is 10.9. The van der Waals surface area contributed by atoms with Gasteiger partial charge >= 0.3 is 0 Å². The van der Waals surface area contributed by atoms with Crippen LogP contribution in [0.25, 0.3) is 0 Å². The molecule has 1 amide bonds. The minimum absolute atomic E-state index is 0.172. The molecule has 0 aliphatic carbocycles. The molecule has 0 saturated carbocycles. The van der Waals surface area contributed by atoms with E-state index in [1.165, 1.54) is 0 Å². The Bertz CT molecular complexity index is 1290. The number of ether oxygens (including phenoxy) is 1. The second kappa shape index (κ2) is 9.85. The summed E-state index contributed by atoms with van der Waals surface area (Å²) >= 11 is 9.75. The lowest BCUT2D eigenvalue weighted by molar-refractivity contribution is 0.0992. The fourth-order valence-electron chi connectivity index (χ4n) is 3.46. The van der Waals surface area contributed by atoms with Crippen molar-refractivity contribution in [2.24, 2.45) is 0 Å². The van der Waals surface area contributed by atoms with Crippen molar-refractivity contribution in [1.82, 2.24) is 9.78 Å². The molecule has 4 aromatic rings. The van der Waals surface area contributed by atoms with Gasteiger partial charge in [0.05, 0.1) is 27.4 Å². The Morgan fingerprint density at radius 3 is 2.67 bits per heavy atom. The van der Waals surface area contributed by atoms with E-state index in [0.717, 1.165) is 27.0 Å². The molecule has 1 N–H and O–H groups in total. The van der Waals surface area contributed by atoms with E-state index in [4.69, 9.17) is 20.8 Å². The molecule has 0 aliphatic rings. The topological polar surface area (TPSA) is 69.3 Å². The maximum absolute atomic E-state index is 12.7. The number of nitrogens with one attached hydrogen (secondary N) is 1. The Balaban J connectivity index is 1.40. The zero-order valence-corrected chi connectivity index (χ0v) is 20.8. The van der Waals surface area contributed by atoms with E-state index in [-0.39, 0.29) is 18.3 Å². The number of para-hydroxylation sites is 1. The smallest absolute Gasteiger partial charge is 0.291 e. The Hall–Kier alpha value is -3.03. The monoisotopic (exact) mass is 527 g/mol. The van der Waals surface area contributed by atoms with E-state index < -0.39 is 0 Å². The number of halogens is 2. The highest BCUT2D eigenvalue weighted by Crippen LogP contribution is 2.29. The second-order valence-corrected chi connectivity index (χ2v) is 8.94. The first-order chi connectivity index (χ1) is 15.8. The first-order valence-corrected chi connectivity index (χ1v) is 11.6. The molecule has 170 valence electrons. The molecule has 33 heavy (non-hydrogen) atoms. The number of amides is 1. The van der Waals surface area contributed by atoms with Gasteiger partial charge in [0.2, 0.25) is 0 Å². The lowest BCUT2D eigenvalue weighted by atomic mass is 10.2. The van der Waals surface area contributed by atoms with Crippen LogP contribution in [0.2, 0.25) is 5.02 Å². The van der Waals surface area contributed by atoms with Crippen molar-refractivity contribution in [3.63, 3.8) is 0 Å². The van der Waals surface area contributed by atoms with E-state index in [1.807, 2.05) is 61.9 Å². The average Bonchev–Trinajstić information content (AvgIpc) is 3.35. The van der Waals surface area contributed by atoms with Gasteiger partial charge in [0.25, 0.3) is 5.91 Å². The highest BCUT2D eigenvalue weighted by atomic mass is 79.9. The summed E-state index contributed by atoms with van der Waals surface area (Å²) in [6, 6.07) is 16.6. The molecular weight excluding hydrogens is 506 g/mol. The molecular formula is C25H23BrClN3O3. The predicted molar refractivity (Wildman–Crippen MR) is 132 cm³/mol. The molecule has 0 unspecified atom stereocenters. The molecule has 2 aromatic heterocycles. The number of carbonyl (C=O) groups excluding carboxylic acids is 1. The van der Waals surface area contributed by atoms with E-state index in [0.29, 0.717) is 28.8 Å². The second-order valence-electron chi connectivity index (χ2n) is 7.74. The Kier molecular flexibility index (Phi) is 6.91. The van der Waals surface area contributed by atoms with Crippen LogP contribution in [0, 0.1) is 20.8 Å². The van der Waals surface area contributed by atoms with E-state index >= 15 is 0 Å². The van der Waals surface area contributed by atoms with E-state index in [1.54, 1.807) is 18.2 Å². The van der Waals surface area contributed by atoms with Gasteiger partial charge in [0, 0.05) is 5.69 Å². The number of nitrogens with zero attached hydrogens (tertiary/aromatic N) is 2. The van der Waals surface area contributed by atoms with Crippen LogP contribution in [0.1, 0.15) is 38.8 Å². The van der Waals surface area contributed by atoms with Crippen molar-refractivity contribution in [3.8, 4) is 5.75 Å². The van der Waals surface area contributed by atoms with Crippen LogP contribution in [0.15, 0.2) is 63.5 Å². The van der Waals surface area contributed by atoms with Crippen LogP contribution in [-0.2, 0) is 13.2 Å². The van der Waals surface area contributed by atoms with Gasteiger partial charge in [0.1, 0.15) is 18.1 Å². The first kappa shape index (κ1) is 23.1. The summed E-state index contributed by atoms with van der Waals surface area (Å²) in [4.78, 5) is 12.7. The third-order valence-corrected chi connectivity index (χ3v) is 6.66. The minimum Gasteiger partial charge on any atom is -0.484 e. The van der Waals surface area contributed by atoms with Crippen molar-refractivity contribution in [2.75, 3.05) is 5.32 Å². The summed E-state index contributed by atoms with van der Waals surface area (Å²) < 4.78 is 14.4. The average molecular weight is 529 g/mol. The van der Waals surface area contributed by atoms with Gasteiger partial charge in [-0.05, 0) is 78.2 Å². The summed E-state index contributed by atoms with van der Waals surface area (Å²) in [5.74, 6) is 1.01. The fourth-order valence-corrected chi connectivity index (χ4v) is 4.02. The molecule has 0 spiro atoms. The summed E-state index contributed by atoms with van der Waals surface area (Å²) in [7, 11) is 0. The molecule has 8 heteroatoms. The van der Waals surface area contributed by atoms with Gasteiger partial charge in [0.15, 0.2) is 5.76 Å². The van der Waals surface area contributed by atoms with Crippen LogP contribution in [0.3, 0.4) is 0 Å². The fraction of sp³-hybridized carbons (Fsp3) is 0.200. The van der Waals surface area contributed by atoms with Gasteiger partial charge in [-0.2, -0.15) is 5.10 Å². The number of aryl methyl sites for hydroxylation is 2. The van der Waals surface area contributed by atoms with Crippen LogP contribution in [-0.4, -0.2) is 15.7 Å². The zero-order chi connectivity index (χ0) is 23.5. The molecule has 0 atom stereocenters. The van der Waals surface area contributed by atoms with Gasteiger partial charge in [-0.15, -0.1) is 0 Å². The summed E-state index contributed by atoms with van der Waals surface area (Å²) in [6.07, 6.45) is 0. The third kappa shape index (κ3) is 5.31. The molecule has 0 fully saturated rings. The highest BCUT2D eigenvalue weighted by molar-refractivity contribution is 9.10. The SMILES string of the molecule is Cc1cccc(Cl)c1OCc1ccc(C(=O)Nc2cccc(Cn3nc(C)c(Br)c3C)c2)o1. The predicted octanol–water partition coefficient (Wildman–Crippen LogP) is 6.70. The van der Waals surface area contributed by atoms with Crippen molar-refractivity contribution in [3.05, 3.63) is 98.1 Å². The number of hydrogen-bond donors (Lipinski definition) is 1. The number of hydrogen-bond acceptors (Lipinski definition) is 4. The molecule has 0 radical (unpaired) electrons. The largest absolute Gasteiger partial charge is 0.484 e. The standard InChI is InChI=1S/C25H23BrClN3O3/c1-15-6-4-9-21(27)24(15)32-14-20-10-11-22(33-20)25(31)28-19-8-5-7-18(12-19)13-30-17(3)23(26)16(2)29-30/h4-12H,13-14H2,1-3H3,(H,28,31). The maximum Gasteiger partial charge on any atom is 0.291 e. The zero-order valence-electron chi connectivity index (χ0n) is 18.5. The van der Waals surface area contributed by atoms with Crippen LogP contribution in [0.5, 0.6) is 5.75 Å². The molecule has 0 aliphatic heterocycles. The lowest BCUT2D eigenvalue weighted by Gasteiger charge is -2.09. The molecule has 4 rings (SSSR count). The number of anilines is 1. The van der Waals surface area contributed by atoms with Crippen molar-refractivity contribution in [2.45, 2.75) is 33.9 Å². The molecule has 0 bridgehead atoms. The lowest BCUT2D eigenvalue weighted by Crippen LogP contribution is -2.11. The number of benzene rings is 2. The van der Waals surface area contributed by atoms with E-state index in [2.05, 4.69) is 26.3 Å². The van der Waals surface area contributed by atoms with Crippen molar-refractivity contribution >= 4 is 39.1 Å². The Morgan fingerprint density at radius 2 is 1.94 bits per heavy atom. The van der Waals surface area contributed by atoms with Crippen molar-refractivity contribution in [1.29, 1.82) is 0 Å². The summed E-state index contributed by atoms with van der Waals surface area (Å²) in [5, 5.41) is 7.97. The molecule has 6 nitrogen and oxygen atoms in total. The van der Waals surface area contributed by atoms with Crippen LogP contribution < -0.4 is 10.1 Å². The van der Waals surface area contributed by atoms with Gasteiger partial charge in [-0.3, -0.25) is 9.48 Å². The Labute approximate surface area is 205 Å². The van der Waals surface area contributed by atoms with Crippen LogP contribution >= 0.6 is 27.5 Å². The highest BCUT2D eigenvalue weighted by Gasteiger charge is 2.14. The summed E-state index contributed by atoms with van der Waals surface area (Å²) in [6.45, 7) is 6.67. The van der Waals surface area contributed by atoms with Crippen molar-refractivity contribution < 1.29 is 13.9 Å². The van der Waals surface area contributed by atoms with Gasteiger partial charge in [-0.25, -0.2) is 0 Å². The van der Waals surface area contributed by atoms with Crippen LogP contribution in [0.4, 0.5) is 5.69 Å². The minimum atomic E-state index is -0.332. The quantitative estimate of drug-likeness (QED) is 0.290. The summed E-state index contributed by atoms with van der Waals surface area (Å²) in [5.41, 5.74) is 4.63. The van der Waals surface area contributed by atoms with Gasteiger partial charge in [-0.1, -0.05) is 35.9 Å². The number of rotatable bonds is 7. The third-order valence-electron chi connectivity index (χ3n) is 5.22. The van der Waals surface area contributed by atoms with Gasteiger partial charge < -0.3 is 14.5 Å². The Morgan fingerprint density at radius 1 is 1.15 bits per heavy atom. The number of furan rings is 1. The molecule has 0 saturated heterocycles. The van der Waals surface area contributed by atoms with E-state index in [9.17, 15) is 4.79 Å². The number of carbonyl (C=O) groups is 1. The first-order valence-electron chi connectivity index (χ1n) is 10.4. The molecule has 2 aromatic carbocycles. The molecule has 2 heterocycles. The maximum atomic E-state index is 12.7.